The first kappa shape index (κ1) is 19.9. The Hall–Kier alpha value is -2.82. The molecule has 0 bridgehead atoms. The van der Waals surface area contributed by atoms with Gasteiger partial charge < -0.3 is 14.8 Å². The van der Waals surface area contributed by atoms with Crippen LogP contribution in [0.4, 0.5) is 0 Å². The van der Waals surface area contributed by atoms with Gasteiger partial charge in [0.25, 0.3) is 5.91 Å². The lowest BCUT2D eigenvalue weighted by Gasteiger charge is -2.34. The second kappa shape index (κ2) is 9.40. The Morgan fingerprint density at radius 3 is 2.54 bits per heavy atom. The van der Waals surface area contributed by atoms with E-state index in [0.29, 0.717) is 28.9 Å². The Kier molecular flexibility index (Phi) is 6.69. The quantitative estimate of drug-likeness (QED) is 0.744. The normalized spacial score (nSPS) is 21.6. The zero-order valence-corrected chi connectivity index (χ0v) is 16.4. The van der Waals surface area contributed by atoms with Gasteiger partial charge in [0.2, 0.25) is 0 Å². The van der Waals surface area contributed by atoms with Crippen LogP contribution in [0.3, 0.4) is 0 Å². The van der Waals surface area contributed by atoms with E-state index < -0.39 is 5.97 Å². The minimum atomic E-state index is -0.543. The summed E-state index contributed by atoms with van der Waals surface area (Å²) in [6.07, 6.45) is 3.29. The van der Waals surface area contributed by atoms with E-state index in [1.807, 2.05) is 30.3 Å². The van der Waals surface area contributed by atoms with Gasteiger partial charge in [-0.15, -0.1) is 0 Å². The van der Waals surface area contributed by atoms with Crippen LogP contribution in [0.25, 0.3) is 0 Å². The van der Waals surface area contributed by atoms with Crippen LogP contribution in [0.2, 0.25) is 0 Å². The number of hydrogen-bond donors (Lipinski definition) is 1. The topological polar surface area (TPSA) is 64.6 Å². The maximum absolute atomic E-state index is 12.3. The van der Waals surface area contributed by atoms with Crippen molar-refractivity contribution in [2.45, 2.75) is 39.2 Å². The van der Waals surface area contributed by atoms with E-state index in [0.717, 1.165) is 12.8 Å². The first-order valence-electron chi connectivity index (χ1n) is 9.82. The molecule has 0 spiro atoms. The third-order valence-electron chi connectivity index (χ3n) is 5.44. The van der Waals surface area contributed by atoms with E-state index in [1.54, 1.807) is 24.3 Å². The van der Waals surface area contributed by atoms with Crippen molar-refractivity contribution < 1.29 is 19.1 Å². The maximum atomic E-state index is 12.3. The van der Waals surface area contributed by atoms with Crippen LogP contribution in [0, 0.1) is 11.8 Å². The maximum Gasteiger partial charge on any atom is 0.338 e. The number of amides is 1. The molecular formula is C23H27NO4. The van der Waals surface area contributed by atoms with Gasteiger partial charge >= 0.3 is 5.97 Å². The van der Waals surface area contributed by atoms with Crippen LogP contribution < -0.4 is 10.1 Å². The van der Waals surface area contributed by atoms with Crippen LogP contribution in [0.5, 0.6) is 11.5 Å². The van der Waals surface area contributed by atoms with Crippen molar-refractivity contribution in [3.05, 3.63) is 60.2 Å². The molecule has 1 fully saturated rings. The largest absolute Gasteiger partial charge is 0.457 e. The van der Waals surface area contributed by atoms with E-state index in [2.05, 4.69) is 19.2 Å². The molecule has 1 aliphatic carbocycles. The van der Waals surface area contributed by atoms with Gasteiger partial charge in [-0.05, 0) is 48.6 Å². The molecule has 0 heterocycles. The molecule has 2 aromatic rings. The van der Waals surface area contributed by atoms with Crippen LogP contribution in [0.15, 0.2) is 54.6 Å². The third kappa shape index (κ3) is 5.35. The lowest BCUT2D eigenvalue weighted by atomic mass is 9.78. The molecule has 0 saturated heterocycles. The summed E-state index contributed by atoms with van der Waals surface area (Å²) in [6.45, 7) is 4.10. The van der Waals surface area contributed by atoms with Gasteiger partial charge in [-0.25, -0.2) is 4.79 Å². The number of ether oxygens (including phenoxy) is 2. The van der Waals surface area contributed by atoms with E-state index in [-0.39, 0.29) is 18.6 Å². The Labute approximate surface area is 166 Å². The zero-order valence-electron chi connectivity index (χ0n) is 16.4. The van der Waals surface area contributed by atoms with Crippen LogP contribution in [-0.2, 0) is 9.53 Å². The number of carbonyl (C=O) groups excluding carboxylic acids is 2. The summed E-state index contributed by atoms with van der Waals surface area (Å²) in [5.74, 6) is 1.45. The van der Waals surface area contributed by atoms with E-state index >= 15 is 0 Å². The van der Waals surface area contributed by atoms with Gasteiger partial charge in [0.05, 0.1) is 5.56 Å². The van der Waals surface area contributed by atoms with Crippen molar-refractivity contribution in [3.8, 4) is 11.5 Å². The predicted octanol–water partition coefficient (Wildman–Crippen LogP) is 4.58. The van der Waals surface area contributed by atoms with Crippen LogP contribution >= 0.6 is 0 Å². The highest BCUT2D eigenvalue weighted by molar-refractivity contribution is 5.91. The van der Waals surface area contributed by atoms with Crippen molar-refractivity contribution in [2.75, 3.05) is 6.61 Å². The van der Waals surface area contributed by atoms with Crippen molar-refractivity contribution >= 4 is 11.9 Å². The average molecular weight is 381 g/mol. The van der Waals surface area contributed by atoms with Gasteiger partial charge in [0, 0.05) is 6.04 Å². The molecule has 3 atom stereocenters. The molecule has 28 heavy (non-hydrogen) atoms. The number of rotatable bonds is 6. The van der Waals surface area contributed by atoms with E-state index in [1.165, 1.54) is 6.42 Å². The molecule has 2 aromatic carbocycles. The number of benzene rings is 2. The first-order chi connectivity index (χ1) is 13.5. The minimum Gasteiger partial charge on any atom is -0.457 e. The van der Waals surface area contributed by atoms with Crippen molar-refractivity contribution in [3.63, 3.8) is 0 Å². The highest BCUT2D eigenvalue weighted by Crippen LogP contribution is 2.29. The lowest BCUT2D eigenvalue weighted by Crippen LogP contribution is -2.45. The molecule has 1 amide bonds. The number of carbonyl (C=O) groups is 2. The summed E-state index contributed by atoms with van der Waals surface area (Å²) in [4.78, 5) is 24.5. The molecule has 5 heteroatoms. The molecule has 0 unspecified atom stereocenters. The highest BCUT2D eigenvalue weighted by Gasteiger charge is 2.28. The second-order valence-electron chi connectivity index (χ2n) is 7.46. The molecule has 3 rings (SSSR count). The van der Waals surface area contributed by atoms with Crippen LogP contribution in [0.1, 0.15) is 43.5 Å². The van der Waals surface area contributed by atoms with Gasteiger partial charge in [-0.3, -0.25) is 4.79 Å². The number of nitrogens with one attached hydrogen (secondary N) is 1. The zero-order chi connectivity index (χ0) is 19.9. The van der Waals surface area contributed by atoms with E-state index in [9.17, 15) is 9.59 Å². The van der Waals surface area contributed by atoms with Crippen molar-refractivity contribution in [1.29, 1.82) is 0 Å². The SMILES string of the molecule is C[C@@H]1[C@H](C)CCC[C@H]1NC(=O)COC(=O)c1cccc(Oc2ccccc2)c1. The fourth-order valence-electron chi connectivity index (χ4n) is 3.56. The molecule has 0 aromatic heterocycles. The molecule has 0 aliphatic heterocycles. The summed E-state index contributed by atoms with van der Waals surface area (Å²) in [5, 5.41) is 3.01. The average Bonchev–Trinajstić information content (AvgIpc) is 2.70. The van der Waals surface area contributed by atoms with Gasteiger partial charge in [-0.1, -0.05) is 51.0 Å². The lowest BCUT2D eigenvalue weighted by molar-refractivity contribution is -0.125. The third-order valence-corrected chi connectivity index (χ3v) is 5.44. The summed E-state index contributed by atoms with van der Waals surface area (Å²) in [6, 6.07) is 16.2. The van der Waals surface area contributed by atoms with Crippen molar-refractivity contribution in [1.82, 2.24) is 5.32 Å². The first-order valence-corrected chi connectivity index (χ1v) is 9.82. The number of para-hydroxylation sites is 1. The Balaban J connectivity index is 1.52. The Bertz CT molecular complexity index is 805. The fourth-order valence-corrected chi connectivity index (χ4v) is 3.56. The number of hydrogen-bond acceptors (Lipinski definition) is 4. The van der Waals surface area contributed by atoms with E-state index in [4.69, 9.17) is 9.47 Å². The molecule has 148 valence electrons. The summed E-state index contributed by atoms with van der Waals surface area (Å²) >= 11 is 0. The molecule has 1 saturated carbocycles. The Morgan fingerprint density at radius 2 is 1.75 bits per heavy atom. The summed E-state index contributed by atoms with van der Waals surface area (Å²) in [7, 11) is 0. The van der Waals surface area contributed by atoms with Gasteiger partial charge in [0.1, 0.15) is 11.5 Å². The van der Waals surface area contributed by atoms with Gasteiger partial charge in [-0.2, -0.15) is 0 Å². The predicted molar refractivity (Wildman–Crippen MR) is 107 cm³/mol. The van der Waals surface area contributed by atoms with Crippen LogP contribution in [-0.4, -0.2) is 24.5 Å². The molecule has 0 radical (unpaired) electrons. The van der Waals surface area contributed by atoms with Gasteiger partial charge in [0.15, 0.2) is 6.61 Å². The monoisotopic (exact) mass is 381 g/mol. The summed E-state index contributed by atoms with van der Waals surface area (Å²) in [5.41, 5.74) is 0.348. The number of esters is 1. The molecule has 5 nitrogen and oxygen atoms in total. The van der Waals surface area contributed by atoms with Crippen molar-refractivity contribution in [2.24, 2.45) is 11.8 Å². The molecule has 1 N–H and O–H groups in total. The highest BCUT2D eigenvalue weighted by atomic mass is 16.5. The summed E-state index contributed by atoms with van der Waals surface area (Å²) < 4.78 is 10.9. The second-order valence-corrected chi connectivity index (χ2v) is 7.46. The fraction of sp³-hybridized carbons (Fsp3) is 0.391. The molecule has 1 aliphatic rings. The smallest absolute Gasteiger partial charge is 0.338 e. The minimum absolute atomic E-state index is 0.151. The Morgan fingerprint density at radius 1 is 1.00 bits per heavy atom. The standard InChI is InChI=1S/C23H27NO4/c1-16-8-6-13-21(17(16)2)24-22(25)15-27-23(26)18-9-7-12-20(14-18)28-19-10-4-3-5-11-19/h3-5,7,9-12,14,16-17,21H,6,8,13,15H2,1-2H3,(H,24,25)/t16-,17-,21-/m1/s1. The molecular weight excluding hydrogens is 354 g/mol.